The molecule has 0 aromatic heterocycles. The van der Waals surface area contributed by atoms with E-state index in [0.29, 0.717) is 0 Å². The Morgan fingerprint density at radius 1 is 0.577 bits per heavy atom. The molecule has 0 amide bonds. The maximum absolute atomic E-state index is 9.67. The van der Waals surface area contributed by atoms with Gasteiger partial charge in [-0.3, -0.25) is 0 Å². The lowest BCUT2D eigenvalue weighted by atomic mass is 10.0. The molecule has 2 atom stereocenters. The molecule has 0 saturated carbocycles. The molecule has 0 aromatic rings. The minimum absolute atomic E-state index is 0.125. The lowest BCUT2D eigenvalue weighted by Crippen LogP contribution is -2.37. The number of aliphatic hydroxyl groups is 2. The second kappa shape index (κ2) is 21.2. The molecule has 3 heteroatoms. The molecule has 0 rings (SSSR count). The third kappa shape index (κ3) is 18.7. The summed E-state index contributed by atoms with van der Waals surface area (Å²) in [6.45, 7) is 2.16. The van der Waals surface area contributed by atoms with Crippen molar-refractivity contribution in [1.82, 2.24) is 0 Å². The van der Waals surface area contributed by atoms with Crippen LogP contribution >= 0.6 is 0 Å². The Bertz CT molecular complexity index is 261. The number of hydrogen-bond acceptors (Lipinski definition) is 3. The van der Waals surface area contributed by atoms with Gasteiger partial charge >= 0.3 is 0 Å². The molecule has 158 valence electrons. The van der Waals surface area contributed by atoms with Crippen molar-refractivity contribution < 1.29 is 10.2 Å². The Kier molecular flexibility index (Phi) is 21.1. The summed E-state index contributed by atoms with van der Waals surface area (Å²) < 4.78 is 0. The number of nitrogens with two attached hydrogens (primary N) is 1. The van der Waals surface area contributed by atoms with Crippen molar-refractivity contribution in [2.45, 2.75) is 141 Å². The quantitative estimate of drug-likeness (QED) is 0.214. The minimum atomic E-state index is -0.541. The van der Waals surface area contributed by atoms with Gasteiger partial charge in [-0.05, 0) is 6.42 Å². The van der Waals surface area contributed by atoms with E-state index in [1.807, 2.05) is 0 Å². The van der Waals surface area contributed by atoms with Crippen LogP contribution in [0, 0.1) is 0 Å². The number of rotatable bonds is 21. The normalized spacial score (nSPS) is 13.8. The van der Waals surface area contributed by atoms with Crippen LogP contribution in [0.4, 0.5) is 0 Å². The largest absolute Gasteiger partial charge is 0.395 e. The van der Waals surface area contributed by atoms with Crippen LogP contribution in [-0.4, -0.2) is 29.0 Å². The molecule has 0 unspecified atom stereocenters. The molecule has 0 spiro atoms. The molecular formula is C23H49NO2. The molecule has 0 bridgehead atoms. The van der Waals surface area contributed by atoms with Crippen LogP contribution in [0.1, 0.15) is 129 Å². The summed E-state index contributed by atoms with van der Waals surface area (Å²) in [5.41, 5.74) is 5.59. The van der Waals surface area contributed by atoms with Gasteiger partial charge in [0.05, 0.1) is 18.8 Å². The van der Waals surface area contributed by atoms with E-state index in [1.165, 1.54) is 109 Å². The van der Waals surface area contributed by atoms with E-state index in [2.05, 4.69) is 6.92 Å². The fourth-order valence-corrected chi connectivity index (χ4v) is 3.59. The molecule has 0 saturated heterocycles. The Morgan fingerprint density at radius 3 is 1.19 bits per heavy atom. The summed E-state index contributed by atoms with van der Waals surface area (Å²) in [5, 5.41) is 18.5. The van der Waals surface area contributed by atoms with E-state index >= 15 is 0 Å². The SMILES string of the molecule is CCCCCCCCCCCCCCCCCCCC[C@@H](O)[C@@H](N)CO. The molecule has 0 aliphatic rings. The molecular weight excluding hydrogens is 322 g/mol. The van der Waals surface area contributed by atoms with Gasteiger partial charge in [0.2, 0.25) is 0 Å². The predicted molar refractivity (Wildman–Crippen MR) is 114 cm³/mol. The van der Waals surface area contributed by atoms with Gasteiger partial charge in [0.15, 0.2) is 0 Å². The van der Waals surface area contributed by atoms with E-state index in [4.69, 9.17) is 10.8 Å². The summed E-state index contributed by atoms with van der Waals surface area (Å²) in [4.78, 5) is 0. The number of unbranched alkanes of at least 4 members (excludes halogenated alkanes) is 17. The van der Waals surface area contributed by atoms with Crippen LogP contribution < -0.4 is 5.73 Å². The fourth-order valence-electron chi connectivity index (χ4n) is 3.59. The predicted octanol–water partition coefficient (Wildman–Crippen LogP) is 6.10. The van der Waals surface area contributed by atoms with Crippen molar-refractivity contribution in [3.8, 4) is 0 Å². The summed E-state index contributed by atoms with van der Waals surface area (Å²) in [5.74, 6) is 0. The Morgan fingerprint density at radius 2 is 0.885 bits per heavy atom. The standard InChI is InChI=1S/C23H49NO2/c1-2-3-4-5-6-7-8-9-10-11-12-13-14-15-16-17-18-19-20-23(26)22(24)21-25/h22-23,25-26H,2-21,24H2,1H3/t22-,23+/m0/s1. The van der Waals surface area contributed by atoms with E-state index in [0.717, 1.165) is 12.8 Å². The van der Waals surface area contributed by atoms with Crippen molar-refractivity contribution in [1.29, 1.82) is 0 Å². The van der Waals surface area contributed by atoms with Gasteiger partial charge in [-0.1, -0.05) is 122 Å². The second-order valence-corrected chi connectivity index (χ2v) is 8.21. The maximum atomic E-state index is 9.67. The van der Waals surface area contributed by atoms with E-state index in [9.17, 15) is 5.11 Å². The first kappa shape index (κ1) is 25.9. The zero-order chi connectivity index (χ0) is 19.3. The van der Waals surface area contributed by atoms with Crippen LogP contribution in [-0.2, 0) is 0 Å². The molecule has 0 aliphatic carbocycles. The zero-order valence-corrected chi connectivity index (χ0v) is 17.8. The molecule has 0 radical (unpaired) electrons. The summed E-state index contributed by atoms with van der Waals surface area (Å²) in [7, 11) is 0. The van der Waals surface area contributed by atoms with Crippen molar-refractivity contribution in [2.75, 3.05) is 6.61 Å². The number of hydrogen-bond donors (Lipinski definition) is 3. The van der Waals surface area contributed by atoms with Crippen LogP contribution in [0.5, 0.6) is 0 Å². The molecule has 3 nitrogen and oxygen atoms in total. The van der Waals surface area contributed by atoms with Gasteiger partial charge in [-0.15, -0.1) is 0 Å². The molecule has 0 heterocycles. The average molecular weight is 372 g/mol. The van der Waals surface area contributed by atoms with Crippen LogP contribution in [0.2, 0.25) is 0 Å². The first-order valence-corrected chi connectivity index (χ1v) is 11.8. The third-order valence-electron chi connectivity index (χ3n) is 5.56. The van der Waals surface area contributed by atoms with Gasteiger partial charge in [-0.25, -0.2) is 0 Å². The lowest BCUT2D eigenvalue weighted by Gasteiger charge is -2.15. The molecule has 4 N–H and O–H groups in total. The topological polar surface area (TPSA) is 66.5 Å². The van der Waals surface area contributed by atoms with Crippen LogP contribution in [0.25, 0.3) is 0 Å². The first-order chi connectivity index (χ1) is 12.7. The minimum Gasteiger partial charge on any atom is -0.395 e. The van der Waals surface area contributed by atoms with Crippen molar-refractivity contribution in [3.63, 3.8) is 0 Å². The van der Waals surface area contributed by atoms with Gasteiger partial charge < -0.3 is 15.9 Å². The fraction of sp³-hybridized carbons (Fsp3) is 1.00. The number of aliphatic hydroxyl groups excluding tert-OH is 2. The second-order valence-electron chi connectivity index (χ2n) is 8.21. The van der Waals surface area contributed by atoms with E-state index in [1.54, 1.807) is 0 Å². The lowest BCUT2D eigenvalue weighted by molar-refractivity contribution is 0.0990. The van der Waals surface area contributed by atoms with Crippen molar-refractivity contribution in [2.24, 2.45) is 5.73 Å². The molecule has 26 heavy (non-hydrogen) atoms. The van der Waals surface area contributed by atoms with Crippen LogP contribution in [0.3, 0.4) is 0 Å². The highest BCUT2D eigenvalue weighted by Gasteiger charge is 2.12. The Hall–Kier alpha value is -0.120. The monoisotopic (exact) mass is 371 g/mol. The van der Waals surface area contributed by atoms with Crippen molar-refractivity contribution >= 4 is 0 Å². The summed E-state index contributed by atoms with van der Waals surface area (Å²) in [6.07, 6.45) is 24.8. The molecule has 0 aromatic carbocycles. The Labute approximate surface area is 164 Å². The van der Waals surface area contributed by atoms with E-state index in [-0.39, 0.29) is 6.61 Å². The highest BCUT2D eigenvalue weighted by atomic mass is 16.3. The molecule has 0 aliphatic heterocycles. The van der Waals surface area contributed by atoms with Crippen molar-refractivity contribution in [3.05, 3.63) is 0 Å². The third-order valence-corrected chi connectivity index (χ3v) is 5.56. The highest BCUT2D eigenvalue weighted by Crippen LogP contribution is 2.15. The zero-order valence-electron chi connectivity index (χ0n) is 17.8. The first-order valence-electron chi connectivity index (χ1n) is 11.8. The highest BCUT2D eigenvalue weighted by molar-refractivity contribution is 4.70. The maximum Gasteiger partial charge on any atom is 0.0713 e. The van der Waals surface area contributed by atoms with Crippen LogP contribution in [0.15, 0.2) is 0 Å². The Balaban J connectivity index is 3.07. The van der Waals surface area contributed by atoms with Gasteiger partial charge in [0, 0.05) is 0 Å². The molecule has 0 fully saturated rings. The van der Waals surface area contributed by atoms with E-state index < -0.39 is 12.1 Å². The average Bonchev–Trinajstić information content (AvgIpc) is 2.66. The van der Waals surface area contributed by atoms with Gasteiger partial charge in [0.1, 0.15) is 0 Å². The van der Waals surface area contributed by atoms with Gasteiger partial charge in [0.25, 0.3) is 0 Å². The summed E-state index contributed by atoms with van der Waals surface area (Å²) in [6, 6.07) is -0.471. The summed E-state index contributed by atoms with van der Waals surface area (Å²) >= 11 is 0. The smallest absolute Gasteiger partial charge is 0.0713 e. The van der Waals surface area contributed by atoms with Gasteiger partial charge in [-0.2, -0.15) is 0 Å².